The van der Waals surface area contributed by atoms with Crippen LogP contribution in [0.25, 0.3) is 22.3 Å². The van der Waals surface area contributed by atoms with Crippen LogP contribution in [0, 0.1) is 0 Å². The van der Waals surface area contributed by atoms with E-state index in [4.69, 9.17) is 0 Å². The van der Waals surface area contributed by atoms with E-state index >= 15 is 0 Å². The van der Waals surface area contributed by atoms with Gasteiger partial charge in [0.05, 0.1) is 0 Å². The van der Waals surface area contributed by atoms with Gasteiger partial charge in [-0.3, -0.25) is 0 Å². The summed E-state index contributed by atoms with van der Waals surface area (Å²) >= 11 is 0. The van der Waals surface area contributed by atoms with Crippen molar-refractivity contribution in [2.24, 2.45) is 0 Å². The summed E-state index contributed by atoms with van der Waals surface area (Å²) in [5, 5.41) is 3.74. The van der Waals surface area contributed by atoms with E-state index in [9.17, 15) is 0 Å². The summed E-state index contributed by atoms with van der Waals surface area (Å²) in [5.41, 5.74) is 11.3. The average Bonchev–Trinajstić information content (AvgIpc) is 3.00. The second-order valence-electron chi connectivity index (χ2n) is 7.09. The Kier molecular flexibility index (Phi) is 3.02. The van der Waals surface area contributed by atoms with Crippen LogP contribution in [0.4, 0.5) is 5.69 Å². The Labute approximate surface area is 143 Å². The van der Waals surface area contributed by atoms with Crippen LogP contribution in [-0.4, -0.2) is 6.04 Å². The Hall–Kier alpha value is -2.54. The summed E-state index contributed by atoms with van der Waals surface area (Å²) in [5.74, 6) is 0. The van der Waals surface area contributed by atoms with E-state index in [1.807, 2.05) is 0 Å². The molecule has 0 amide bonds. The maximum Gasteiger partial charge on any atom is 0.0454 e. The summed E-state index contributed by atoms with van der Waals surface area (Å²) in [6.07, 6.45) is 3.43. The number of benzene rings is 3. The lowest BCUT2D eigenvalue weighted by molar-refractivity contribution is 0.681. The average molecular weight is 311 g/mol. The molecule has 24 heavy (non-hydrogen) atoms. The van der Waals surface area contributed by atoms with Gasteiger partial charge in [-0.25, -0.2) is 0 Å². The van der Waals surface area contributed by atoms with Crippen LogP contribution in [0.2, 0.25) is 0 Å². The molecule has 0 spiro atoms. The molecule has 1 nitrogen and oxygen atoms in total. The molecule has 1 unspecified atom stereocenters. The highest BCUT2D eigenvalue weighted by Gasteiger charge is 2.24. The number of hydrogen-bond acceptors (Lipinski definition) is 1. The zero-order valence-corrected chi connectivity index (χ0v) is 14.0. The molecule has 0 radical (unpaired) electrons. The van der Waals surface area contributed by atoms with Crippen molar-refractivity contribution in [1.29, 1.82) is 0 Å². The molecular weight excluding hydrogens is 290 g/mol. The molecule has 2 aliphatic rings. The Bertz CT molecular complexity index is 939. The van der Waals surface area contributed by atoms with Crippen molar-refractivity contribution in [3.05, 3.63) is 77.4 Å². The topological polar surface area (TPSA) is 12.0 Å². The van der Waals surface area contributed by atoms with E-state index in [2.05, 4.69) is 72.9 Å². The van der Waals surface area contributed by atoms with Gasteiger partial charge in [-0.1, -0.05) is 60.7 Å². The number of hydrogen-bond donors (Lipinski definition) is 1. The third-order valence-electron chi connectivity index (χ3n) is 5.53. The minimum Gasteiger partial charge on any atom is -0.382 e. The largest absolute Gasteiger partial charge is 0.382 e. The quantitative estimate of drug-likeness (QED) is 0.477. The highest BCUT2D eigenvalue weighted by molar-refractivity contribution is 5.89. The van der Waals surface area contributed by atoms with Crippen molar-refractivity contribution in [2.75, 3.05) is 5.32 Å². The normalized spacial score (nSPS) is 17.6. The third-order valence-corrected chi connectivity index (χ3v) is 5.53. The first kappa shape index (κ1) is 13.9. The van der Waals surface area contributed by atoms with Gasteiger partial charge in [-0.2, -0.15) is 0 Å². The smallest absolute Gasteiger partial charge is 0.0454 e. The van der Waals surface area contributed by atoms with Gasteiger partial charge in [-0.05, 0) is 59.6 Å². The lowest BCUT2D eigenvalue weighted by atomic mass is 9.89. The molecule has 5 rings (SSSR count). The highest BCUT2D eigenvalue weighted by atomic mass is 14.9. The first-order valence-electron chi connectivity index (χ1n) is 8.90. The van der Waals surface area contributed by atoms with Gasteiger partial charge in [0.25, 0.3) is 0 Å². The molecule has 0 saturated carbocycles. The van der Waals surface area contributed by atoms with Crippen molar-refractivity contribution in [1.82, 2.24) is 0 Å². The number of fused-ring (bicyclic) bond motifs is 4. The van der Waals surface area contributed by atoms with Crippen molar-refractivity contribution in [3.8, 4) is 22.3 Å². The lowest BCUT2D eigenvalue weighted by Crippen LogP contribution is -2.22. The van der Waals surface area contributed by atoms with Crippen LogP contribution in [0.5, 0.6) is 0 Å². The van der Waals surface area contributed by atoms with Crippen molar-refractivity contribution >= 4 is 5.69 Å². The van der Waals surface area contributed by atoms with Gasteiger partial charge in [0.1, 0.15) is 0 Å². The summed E-state index contributed by atoms with van der Waals surface area (Å²) < 4.78 is 0. The summed E-state index contributed by atoms with van der Waals surface area (Å²) in [6.45, 7) is 2.28. The summed E-state index contributed by atoms with van der Waals surface area (Å²) in [6, 6.07) is 22.9. The molecule has 0 fully saturated rings. The van der Waals surface area contributed by atoms with Gasteiger partial charge < -0.3 is 5.32 Å². The van der Waals surface area contributed by atoms with E-state index < -0.39 is 0 Å². The molecule has 0 bridgehead atoms. The fraction of sp³-hybridized carbons (Fsp3) is 0.217. The number of nitrogens with one attached hydrogen (secondary N) is 1. The van der Waals surface area contributed by atoms with Gasteiger partial charge >= 0.3 is 0 Å². The zero-order valence-electron chi connectivity index (χ0n) is 14.0. The lowest BCUT2D eigenvalue weighted by Gasteiger charge is -2.27. The Morgan fingerprint density at radius 1 is 0.750 bits per heavy atom. The van der Waals surface area contributed by atoms with Gasteiger partial charge in [0.15, 0.2) is 0 Å². The van der Waals surface area contributed by atoms with Crippen molar-refractivity contribution in [3.63, 3.8) is 0 Å². The number of aryl methyl sites for hydroxylation is 1. The summed E-state index contributed by atoms with van der Waals surface area (Å²) in [4.78, 5) is 0. The van der Waals surface area contributed by atoms with Crippen LogP contribution in [-0.2, 0) is 12.8 Å². The monoisotopic (exact) mass is 311 g/mol. The molecule has 118 valence electrons. The summed E-state index contributed by atoms with van der Waals surface area (Å²) in [7, 11) is 0. The van der Waals surface area contributed by atoms with Gasteiger partial charge in [0.2, 0.25) is 0 Å². The van der Waals surface area contributed by atoms with E-state index in [0.717, 1.165) is 6.42 Å². The first-order chi connectivity index (χ1) is 11.8. The van der Waals surface area contributed by atoms with E-state index in [1.54, 1.807) is 0 Å². The molecule has 1 N–H and O–H groups in total. The maximum absolute atomic E-state index is 3.74. The first-order valence-corrected chi connectivity index (χ1v) is 8.90. The fourth-order valence-corrected chi connectivity index (χ4v) is 4.30. The molecule has 1 heterocycles. The SMILES string of the molecule is CC1CCc2cccc(-c3cccc4c3Cc3ccccc3-4)c2N1. The maximum atomic E-state index is 3.74. The Balaban J connectivity index is 1.71. The molecule has 1 heteroatoms. The molecule has 0 aromatic heterocycles. The number of anilines is 1. The van der Waals surface area contributed by atoms with E-state index in [-0.39, 0.29) is 0 Å². The second-order valence-corrected chi connectivity index (χ2v) is 7.09. The molecule has 3 aromatic rings. The minimum absolute atomic E-state index is 0.549. The van der Waals surface area contributed by atoms with E-state index in [0.29, 0.717) is 6.04 Å². The zero-order chi connectivity index (χ0) is 16.1. The minimum atomic E-state index is 0.549. The number of rotatable bonds is 1. The van der Waals surface area contributed by atoms with Crippen LogP contribution in [0.3, 0.4) is 0 Å². The Morgan fingerprint density at radius 2 is 1.42 bits per heavy atom. The van der Waals surface area contributed by atoms with Crippen LogP contribution >= 0.6 is 0 Å². The standard InChI is InChI=1S/C23H21N/c1-15-12-13-16-7-4-11-21(23(16)24-15)20-10-5-9-19-18-8-3-2-6-17(18)14-22(19)20/h2-11,15,24H,12-14H2,1H3. The highest BCUT2D eigenvalue weighted by Crippen LogP contribution is 2.44. The van der Waals surface area contributed by atoms with Gasteiger partial charge in [-0.15, -0.1) is 0 Å². The van der Waals surface area contributed by atoms with Crippen LogP contribution < -0.4 is 5.32 Å². The predicted molar refractivity (Wildman–Crippen MR) is 102 cm³/mol. The second kappa shape index (κ2) is 5.24. The molecular formula is C23H21N. The van der Waals surface area contributed by atoms with Gasteiger partial charge in [0, 0.05) is 17.3 Å². The molecule has 3 aromatic carbocycles. The van der Waals surface area contributed by atoms with Crippen molar-refractivity contribution in [2.45, 2.75) is 32.2 Å². The Morgan fingerprint density at radius 3 is 2.33 bits per heavy atom. The molecule has 1 aliphatic heterocycles. The van der Waals surface area contributed by atoms with Crippen LogP contribution in [0.15, 0.2) is 60.7 Å². The molecule has 0 saturated heterocycles. The van der Waals surface area contributed by atoms with Crippen molar-refractivity contribution < 1.29 is 0 Å². The predicted octanol–water partition coefficient (Wildman–Crippen LogP) is 5.67. The molecule has 1 atom stereocenters. The number of para-hydroxylation sites is 1. The van der Waals surface area contributed by atoms with Crippen LogP contribution in [0.1, 0.15) is 30.0 Å². The molecule has 1 aliphatic carbocycles. The van der Waals surface area contributed by atoms with E-state index in [1.165, 1.54) is 57.5 Å². The fourth-order valence-electron chi connectivity index (χ4n) is 4.30. The third kappa shape index (κ3) is 2.01.